The highest BCUT2D eigenvalue weighted by molar-refractivity contribution is 5.24. The zero-order chi connectivity index (χ0) is 14.5. The summed E-state index contributed by atoms with van der Waals surface area (Å²) in [5.41, 5.74) is 3.17. The molecule has 0 amide bonds. The monoisotopic (exact) mass is 286 g/mol. The summed E-state index contributed by atoms with van der Waals surface area (Å²) in [4.78, 5) is 0. The van der Waals surface area contributed by atoms with Gasteiger partial charge in [0.25, 0.3) is 0 Å². The predicted octanol–water partition coefficient (Wildman–Crippen LogP) is 4.96. The predicted molar refractivity (Wildman–Crippen MR) is 84.9 cm³/mol. The molecule has 1 aliphatic heterocycles. The van der Waals surface area contributed by atoms with Gasteiger partial charge in [-0.15, -0.1) is 0 Å². The summed E-state index contributed by atoms with van der Waals surface area (Å²) >= 11 is 0. The number of allylic oxidation sites excluding steroid dienone is 1. The summed E-state index contributed by atoms with van der Waals surface area (Å²) in [5.74, 6) is 2.63. The SMILES string of the molecule is C=C1C[C@]23C[C@H]1CC[C@H]2[C@]1(C)CCC[C@@]2(C)CO[C@@H](C3)[C@H]21. The van der Waals surface area contributed by atoms with Crippen molar-refractivity contribution < 1.29 is 4.74 Å². The minimum Gasteiger partial charge on any atom is -0.377 e. The van der Waals surface area contributed by atoms with E-state index in [-0.39, 0.29) is 0 Å². The van der Waals surface area contributed by atoms with Crippen LogP contribution in [0.3, 0.4) is 0 Å². The summed E-state index contributed by atoms with van der Waals surface area (Å²) < 4.78 is 6.44. The van der Waals surface area contributed by atoms with Crippen LogP contribution in [-0.4, -0.2) is 12.7 Å². The van der Waals surface area contributed by atoms with Crippen LogP contribution in [0.2, 0.25) is 0 Å². The minimum absolute atomic E-state index is 0.478. The first-order valence-electron chi connectivity index (χ1n) is 9.26. The van der Waals surface area contributed by atoms with Crippen molar-refractivity contribution in [2.75, 3.05) is 6.61 Å². The minimum atomic E-state index is 0.478. The van der Waals surface area contributed by atoms with Crippen LogP contribution in [0.15, 0.2) is 12.2 Å². The third-order valence-electron chi connectivity index (χ3n) is 8.68. The van der Waals surface area contributed by atoms with Crippen molar-refractivity contribution in [3.05, 3.63) is 12.2 Å². The molecule has 2 bridgehead atoms. The standard InChI is InChI=1S/C20H30O/c1-13-9-20-10-14(13)5-6-16(20)19(3)8-4-7-18(2)12-21-15(11-20)17(18)19/h14-17H,1,4-12H2,2-3H3/t14-,15+,16+,17-,18+,19+,20-/m1/s1. The lowest BCUT2D eigenvalue weighted by Gasteiger charge is -2.63. The van der Waals surface area contributed by atoms with Gasteiger partial charge in [-0.1, -0.05) is 32.4 Å². The molecular formula is C20H30O. The fourth-order valence-corrected chi connectivity index (χ4v) is 8.25. The zero-order valence-corrected chi connectivity index (χ0v) is 13.8. The van der Waals surface area contributed by atoms with Crippen LogP contribution in [-0.2, 0) is 4.74 Å². The normalized spacial score (nSPS) is 61.5. The maximum absolute atomic E-state index is 6.44. The summed E-state index contributed by atoms with van der Waals surface area (Å²) in [6.45, 7) is 10.7. The van der Waals surface area contributed by atoms with Gasteiger partial charge in [0.1, 0.15) is 0 Å². The summed E-state index contributed by atoms with van der Waals surface area (Å²) in [6.07, 6.45) is 11.8. The van der Waals surface area contributed by atoms with E-state index < -0.39 is 0 Å². The summed E-state index contributed by atoms with van der Waals surface area (Å²) in [7, 11) is 0. The highest BCUT2D eigenvalue weighted by Crippen LogP contribution is 2.73. The van der Waals surface area contributed by atoms with E-state index in [0.29, 0.717) is 22.3 Å². The molecule has 5 rings (SSSR count). The summed E-state index contributed by atoms with van der Waals surface area (Å²) in [5, 5.41) is 0. The Morgan fingerprint density at radius 3 is 2.86 bits per heavy atom. The van der Waals surface area contributed by atoms with Crippen LogP contribution in [0.25, 0.3) is 0 Å². The molecule has 0 aromatic carbocycles. The quantitative estimate of drug-likeness (QED) is 0.572. The lowest BCUT2D eigenvalue weighted by atomic mass is 9.41. The first-order valence-corrected chi connectivity index (χ1v) is 9.26. The molecule has 116 valence electrons. The fourth-order valence-electron chi connectivity index (χ4n) is 8.25. The smallest absolute Gasteiger partial charge is 0.0620 e. The molecule has 5 fully saturated rings. The number of ether oxygens (including phenoxy) is 1. The molecule has 0 N–H and O–H groups in total. The zero-order valence-electron chi connectivity index (χ0n) is 13.8. The van der Waals surface area contributed by atoms with E-state index in [2.05, 4.69) is 20.4 Å². The molecule has 1 heterocycles. The van der Waals surface area contributed by atoms with Gasteiger partial charge in [0.2, 0.25) is 0 Å². The van der Waals surface area contributed by atoms with Crippen LogP contribution < -0.4 is 0 Å². The van der Waals surface area contributed by atoms with E-state index in [1.54, 1.807) is 5.57 Å². The van der Waals surface area contributed by atoms with E-state index in [9.17, 15) is 0 Å². The Morgan fingerprint density at radius 2 is 2.00 bits per heavy atom. The van der Waals surface area contributed by atoms with E-state index in [1.165, 1.54) is 51.4 Å². The second-order valence-electron chi connectivity index (χ2n) is 9.77. The Labute approximate surface area is 129 Å². The molecule has 1 nitrogen and oxygen atoms in total. The molecule has 5 aliphatic rings. The third-order valence-corrected chi connectivity index (χ3v) is 8.68. The van der Waals surface area contributed by atoms with Crippen LogP contribution in [0, 0.1) is 34.0 Å². The highest BCUT2D eigenvalue weighted by atomic mass is 16.5. The maximum Gasteiger partial charge on any atom is 0.0620 e. The Hall–Kier alpha value is -0.300. The molecule has 1 heteroatoms. The molecule has 4 aliphatic carbocycles. The molecule has 1 saturated heterocycles. The van der Waals surface area contributed by atoms with Gasteiger partial charge in [-0.25, -0.2) is 0 Å². The van der Waals surface area contributed by atoms with Gasteiger partial charge in [0, 0.05) is 0 Å². The fraction of sp³-hybridized carbons (Fsp3) is 0.900. The third kappa shape index (κ3) is 1.43. The van der Waals surface area contributed by atoms with E-state index in [0.717, 1.165) is 24.4 Å². The van der Waals surface area contributed by atoms with Gasteiger partial charge >= 0.3 is 0 Å². The molecule has 0 unspecified atom stereocenters. The first kappa shape index (κ1) is 13.2. The van der Waals surface area contributed by atoms with Crippen LogP contribution in [0.5, 0.6) is 0 Å². The molecule has 0 aromatic rings. The molecule has 4 saturated carbocycles. The second kappa shape index (κ2) is 3.78. The van der Waals surface area contributed by atoms with Crippen molar-refractivity contribution in [3.63, 3.8) is 0 Å². The Morgan fingerprint density at radius 1 is 1.14 bits per heavy atom. The largest absolute Gasteiger partial charge is 0.377 e. The van der Waals surface area contributed by atoms with Crippen LogP contribution >= 0.6 is 0 Å². The average Bonchev–Trinajstić information content (AvgIpc) is 2.86. The average molecular weight is 286 g/mol. The topological polar surface area (TPSA) is 9.23 Å². The molecule has 7 atom stereocenters. The number of rotatable bonds is 0. The molecule has 21 heavy (non-hydrogen) atoms. The molecule has 1 spiro atoms. The van der Waals surface area contributed by atoms with Crippen molar-refractivity contribution in [2.45, 2.75) is 71.3 Å². The van der Waals surface area contributed by atoms with Gasteiger partial charge in [-0.05, 0) is 78.9 Å². The van der Waals surface area contributed by atoms with E-state index >= 15 is 0 Å². The van der Waals surface area contributed by atoms with Crippen molar-refractivity contribution >= 4 is 0 Å². The Bertz CT molecular complexity index is 510. The number of hydrogen-bond acceptors (Lipinski definition) is 1. The number of fused-ring (bicyclic) bond motifs is 2. The van der Waals surface area contributed by atoms with Crippen molar-refractivity contribution in [1.29, 1.82) is 0 Å². The molecular weight excluding hydrogens is 256 g/mol. The van der Waals surface area contributed by atoms with Gasteiger partial charge in [0.15, 0.2) is 0 Å². The van der Waals surface area contributed by atoms with Gasteiger partial charge in [-0.2, -0.15) is 0 Å². The highest BCUT2D eigenvalue weighted by Gasteiger charge is 2.68. The van der Waals surface area contributed by atoms with Crippen molar-refractivity contribution in [2.24, 2.45) is 34.0 Å². The lowest BCUT2D eigenvalue weighted by molar-refractivity contribution is -0.156. The van der Waals surface area contributed by atoms with Crippen LogP contribution in [0.4, 0.5) is 0 Å². The van der Waals surface area contributed by atoms with Gasteiger partial charge < -0.3 is 4.74 Å². The van der Waals surface area contributed by atoms with E-state index in [1.807, 2.05) is 0 Å². The Kier molecular flexibility index (Phi) is 2.37. The second-order valence-corrected chi connectivity index (χ2v) is 9.77. The van der Waals surface area contributed by atoms with Crippen LogP contribution in [0.1, 0.15) is 65.2 Å². The van der Waals surface area contributed by atoms with Crippen molar-refractivity contribution in [3.8, 4) is 0 Å². The molecule has 0 radical (unpaired) electrons. The van der Waals surface area contributed by atoms with Gasteiger partial charge in [0.05, 0.1) is 12.7 Å². The summed E-state index contributed by atoms with van der Waals surface area (Å²) in [6, 6.07) is 0. The maximum atomic E-state index is 6.44. The van der Waals surface area contributed by atoms with E-state index in [4.69, 9.17) is 4.74 Å². The lowest BCUT2D eigenvalue weighted by Crippen LogP contribution is -2.59. The Balaban J connectivity index is 1.63. The number of hydrogen-bond donors (Lipinski definition) is 0. The van der Waals surface area contributed by atoms with Gasteiger partial charge in [-0.3, -0.25) is 0 Å². The van der Waals surface area contributed by atoms with Crippen molar-refractivity contribution in [1.82, 2.24) is 0 Å². The molecule has 0 aromatic heterocycles. The first-order chi connectivity index (χ1) is 9.97.